The van der Waals surface area contributed by atoms with Crippen LogP contribution in [0, 0.1) is 6.92 Å². The number of aromatic nitrogens is 6. The maximum Gasteiger partial charge on any atom is 0.258 e. The summed E-state index contributed by atoms with van der Waals surface area (Å²) in [5.41, 5.74) is 27.6. The summed E-state index contributed by atoms with van der Waals surface area (Å²) in [5, 5.41) is 7.70. The van der Waals surface area contributed by atoms with Crippen LogP contribution in [0.2, 0.25) is 0 Å². The van der Waals surface area contributed by atoms with E-state index < -0.39 is 0 Å². The predicted molar refractivity (Wildman–Crippen MR) is 313 cm³/mol. The Kier molecular flexibility index (Phi) is 7.45. The third-order valence-corrected chi connectivity index (χ3v) is 17.3. The molecule has 0 amide bonds. The Labute approximate surface area is 427 Å². The second kappa shape index (κ2) is 13.5. The van der Waals surface area contributed by atoms with E-state index in [-0.39, 0.29) is 17.5 Å². The van der Waals surface area contributed by atoms with Crippen molar-refractivity contribution in [2.45, 2.75) is 59.3 Å². The lowest BCUT2D eigenvalue weighted by Crippen LogP contribution is -2.59. The van der Waals surface area contributed by atoms with Crippen LogP contribution in [0.25, 0.3) is 122 Å². The topological polar surface area (TPSA) is 28.5 Å². The molecule has 0 N–H and O–H groups in total. The highest BCUT2D eigenvalue weighted by atomic mass is 15.2. The van der Waals surface area contributed by atoms with Crippen LogP contribution in [0.15, 0.2) is 182 Å². The van der Waals surface area contributed by atoms with Crippen LogP contribution in [0.5, 0.6) is 0 Å². The summed E-state index contributed by atoms with van der Waals surface area (Å²) in [4.78, 5) is 0. The van der Waals surface area contributed by atoms with E-state index in [1.54, 1.807) is 0 Å². The fourth-order valence-corrected chi connectivity index (χ4v) is 14.2. The van der Waals surface area contributed by atoms with Gasteiger partial charge in [-0.3, -0.25) is 17.9 Å². The van der Waals surface area contributed by atoms with Gasteiger partial charge in [-0.25, -0.2) is 0 Å². The highest BCUT2D eigenvalue weighted by molar-refractivity contribution is 7.02. The predicted octanol–water partition coefficient (Wildman–Crippen LogP) is 14.6. The summed E-state index contributed by atoms with van der Waals surface area (Å²) < 4.78 is 15.6. The molecule has 0 bridgehead atoms. The molecule has 9 aromatic carbocycles. The number of imidazole rings is 2. The largest absolute Gasteiger partial charge is 0.309 e. The van der Waals surface area contributed by atoms with Crippen LogP contribution in [-0.4, -0.2) is 33.8 Å². The Bertz CT molecular complexity index is 4720. The van der Waals surface area contributed by atoms with E-state index >= 15 is 0 Å². The van der Waals surface area contributed by atoms with Crippen LogP contribution in [0.4, 0.5) is 0 Å². The molecule has 0 saturated heterocycles. The fraction of sp³-hybridized carbons (Fsp3) is 0.134. The molecular weight excluding hydrogens is 900 g/mol. The molecule has 17 rings (SSSR count). The number of hydrogen-bond donors (Lipinski definition) is 0. The lowest BCUT2D eigenvalue weighted by atomic mass is 9.34. The molecular formula is C67H51BN6. The van der Waals surface area contributed by atoms with Crippen molar-refractivity contribution in [3.63, 3.8) is 0 Å². The molecule has 15 aromatic rings. The molecule has 0 fully saturated rings. The van der Waals surface area contributed by atoms with E-state index in [9.17, 15) is 0 Å². The first-order valence-electron chi connectivity index (χ1n) is 26.3. The van der Waals surface area contributed by atoms with Crippen molar-refractivity contribution < 1.29 is 0 Å². The summed E-state index contributed by atoms with van der Waals surface area (Å²) in [5.74, 6) is 0. The molecule has 0 spiro atoms. The third-order valence-electron chi connectivity index (χ3n) is 17.3. The highest BCUT2D eigenvalue weighted by Gasteiger charge is 2.46. The van der Waals surface area contributed by atoms with Crippen molar-refractivity contribution in [3.8, 4) is 22.7 Å². The minimum atomic E-state index is -0.0850. The van der Waals surface area contributed by atoms with Crippen molar-refractivity contribution in [2.75, 3.05) is 0 Å². The quantitative estimate of drug-likeness (QED) is 0.155. The molecule has 0 saturated carbocycles. The van der Waals surface area contributed by atoms with E-state index in [1.807, 2.05) is 0 Å². The van der Waals surface area contributed by atoms with Gasteiger partial charge in [0, 0.05) is 44.3 Å². The number of benzene rings is 9. The van der Waals surface area contributed by atoms with Crippen LogP contribution >= 0.6 is 0 Å². The summed E-state index contributed by atoms with van der Waals surface area (Å²) in [6, 6.07) is 69.3. The van der Waals surface area contributed by atoms with Crippen molar-refractivity contribution >= 4 is 122 Å². The van der Waals surface area contributed by atoms with E-state index in [0.29, 0.717) is 0 Å². The summed E-state index contributed by atoms with van der Waals surface area (Å²) in [6.45, 7) is 16.3. The molecule has 74 heavy (non-hydrogen) atoms. The van der Waals surface area contributed by atoms with Gasteiger partial charge >= 0.3 is 0 Å². The first-order chi connectivity index (χ1) is 36.0. The molecule has 2 aliphatic rings. The van der Waals surface area contributed by atoms with Gasteiger partial charge in [-0.15, -0.1) is 0 Å². The van der Waals surface area contributed by atoms with Gasteiger partial charge in [0.15, 0.2) is 0 Å². The lowest BCUT2D eigenvalue weighted by Gasteiger charge is -2.32. The van der Waals surface area contributed by atoms with Crippen molar-refractivity contribution in [1.29, 1.82) is 0 Å². The minimum Gasteiger partial charge on any atom is -0.309 e. The van der Waals surface area contributed by atoms with Crippen LogP contribution < -0.4 is 16.4 Å². The third kappa shape index (κ3) is 4.84. The number of para-hydroxylation sites is 4. The van der Waals surface area contributed by atoms with E-state index in [1.165, 1.54) is 143 Å². The molecule has 6 aromatic heterocycles. The number of hydrogen-bond acceptors (Lipinski definition) is 0. The minimum absolute atomic E-state index is 0.0518. The van der Waals surface area contributed by atoms with Gasteiger partial charge in [-0.1, -0.05) is 139 Å². The Morgan fingerprint density at radius 3 is 1.18 bits per heavy atom. The number of rotatable bonds is 2. The molecule has 6 nitrogen and oxygen atoms in total. The zero-order chi connectivity index (χ0) is 49.4. The first kappa shape index (κ1) is 40.9. The second-order valence-corrected chi connectivity index (χ2v) is 23.5. The Morgan fingerprint density at radius 2 is 0.743 bits per heavy atom. The van der Waals surface area contributed by atoms with Crippen LogP contribution in [-0.2, 0) is 10.8 Å². The normalized spacial score (nSPS) is 13.6. The van der Waals surface area contributed by atoms with Gasteiger partial charge < -0.3 is 9.13 Å². The molecule has 0 atom stereocenters. The summed E-state index contributed by atoms with van der Waals surface area (Å²) >= 11 is 0. The number of aryl methyl sites for hydroxylation is 1. The first-order valence-corrected chi connectivity index (χ1v) is 26.3. The van der Waals surface area contributed by atoms with Crippen molar-refractivity contribution in [3.05, 3.63) is 199 Å². The molecule has 0 aliphatic carbocycles. The van der Waals surface area contributed by atoms with E-state index in [4.69, 9.17) is 0 Å². The van der Waals surface area contributed by atoms with Gasteiger partial charge in [-0.2, -0.15) is 0 Å². The van der Waals surface area contributed by atoms with Crippen LogP contribution in [0.3, 0.4) is 0 Å². The van der Waals surface area contributed by atoms with Gasteiger partial charge in [0.05, 0.1) is 55.2 Å². The molecule has 7 heteroatoms. The molecule has 2 aliphatic heterocycles. The summed E-state index contributed by atoms with van der Waals surface area (Å²) in [7, 11) is 0. The zero-order valence-corrected chi connectivity index (χ0v) is 42.6. The van der Waals surface area contributed by atoms with E-state index in [2.05, 4.69) is 258 Å². The standard InChI is InChI=1S/C67H51BN6/c1-38-34-55-61-56(35-38)72-50-31-27-40(67(5,6)7)37-54(50)74-63-46(29-33-52-58(63)44-23-15-17-25-48(44)70(52)42-20-12-9-13-21-42)60(65(72)74)68(61)59-45-28-32-51-57(43-22-14-16-24-47(43)69(51)41-18-10-8-11-19-41)62(45)73-53-36-39(66(2,3)4)26-30-49(53)71(55)64(59)73/h8-37H,1-7H3. The highest BCUT2D eigenvalue weighted by Crippen LogP contribution is 2.46. The number of fused-ring (bicyclic) bond motifs is 24. The summed E-state index contributed by atoms with van der Waals surface area (Å²) in [6.07, 6.45) is 0. The SMILES string of the molecule is Cc1cc2c3c(c1)-n1c4ccc(C(C)(C)C)cc4n4c5c(ccc6c5c5ccccc5n6-c5ccccc5)c(c14)B3c1c3ccc4c(c5ccccc5n4-c4ccccc4)c3n3c4cc(C(C)(C)C)ccc4n-2c13. The van der Waals surface area contributed by atoms with Crippen LogP contribution in [0.1, 0.15) is 58.2 Å². The Hall–Kier alpha value is -8.68. The monoisotopic (exact) mass is 950 g/mol. The molecule has 0 unspecified atom stereocenters. The van der Waals surface area contributed by atoms with Gasteiger partial charge in [0.2, 0.25) is 0 Å². The zero-order valence-electron chi connectivity index (χ0n) is 42.6. The maximum absolute atomic E-state index is 2.69. The van der Waals surface area contributed by atoms with E-state index in [0.717, 1.165) is 11.4 Å². The van der Waals surface area contributed by atoms with Crippen molar-refractivity contribution in [2.24, 2.45) is 0 Å². The fourth-order valence-electron chi connectivity index (χ4n) is 14.2. The second-order valence-electron chi connectivity index (χ2n) is 23.5. The van der Waals surface area contributed by atoms with Gasteiger partial charge in [-0.05, 0) is 147 Å². The van der Waals surface area contributed by atoms with Gasteiger partial charge in [0.25, 0.3) is 6.71 Å². The molecule has 352 valence electrons. The average Bonchev–Trinajstić information content (AvgIpc) is 4.43. The Balaban J connectivity index is 1.12. The van der Waals surface area contributed by atoms with Gasteiger partial charge in [0.1, 0.15) is 11.3 Å². The van der Waals surface area contributed by atoms with Crippen molar-refractivity contribution in [1.82, 2.24) is 27.1 Å². The average molecular weight is 951 g/mol. The smallest absolute Gasteiger partial charge is 0.258 e. The molecule has 0 radical (unpaired) electrons. The number of nitrogens with zero attached hydrogens (tertiary/aromatic N) is 6. The maximum atomic E-state index is 2.69. The lowest BCUT2D eigenvalue weighted by molar-refractivity contribution is 0.590. The molecule has 8 heterocycles. The Morgan fingerprint density at radius 1 is 0.338 bits per heavy atom.